The molecule has 0 spiro atoms. The number of halogens is 5. The molecular weight excluding hydrogens is 486 g/mol. The van der Waals surface area contributed by atoms with Gasteiger partial charge in [-0.3, -0.25) is 9.98 Å². The summed E-state index contributed by atoms with van der Waals surface area (Å²) >= 11 is 12.0. The van der Waals surface area contributed by atoms with Gasteiger partial charge in [0.05, 0.1) is 18.8 Å². The molecule has 1 unspecified atom stereocenters. The molecule has 0 fully saturated rings. The minimum absolute atomic E-state index is 0.00325. The molecule has 0 saturated carbocycles. The molecule has 0 bridgehead atoms. The summed E-state index contributed by atoms with van der Waals surface area (Å²) in [5.74, 6) is 0.0683. The van der Waals surface area contributed by atoms with Crippen LogP contribution in [0.15, 0.2) is 72.0 Å². The highest BCUT2D eigenvalue weighted by atomic mass is 35.5. The number of alkyl halides is 3. The largest absolute Gasteiger partial charge is 0.494 e. The fourth-order valence-corrected chi connectivity index (χ4v) is 4.95. The van der Waals surface area contributed by atoms with Crippen LogP contribution in [-0.4, -0.2) is 33.1 Å². The van der Waals surface area contributed by atoms with Crippen molar-refractivity contribution in [3.05, 3.63) is 93.9 Å². The molecule has 0 aliphatic carbocycles. The van der Waals surface area contributed by atoms with Crippen molar-refractivity contribution < 1.29 is 18.3 Å². The van der Waals surface area contributed by atoms with Crippen LogP contribution in [0.3, 0.4) is 0 Å². The van der Waals surface area contributed by atoms with Crippen molar-refractivity contribution in [3.8, 4) is 5.88 Å². The van der Waals surface area contributed by atoms with Gasteiger partial charge in [0.25, 0.3) is 0 Å². The standard InChI is InChI=1S/C25H18Cl2F3N3O/c26-18-8-17(9-19(27)10-18)24(25(28,29)30)11-22(32-14-24)15-4-5-21-16(7-15)12-33(23(21)34)13-20-3-1-2-6-31-20/h1-10,12,34H,11,13-14H2. The zero-order valence-corrected chi connectivity index (χ0v) is 19.2. The van der Waals surface area contributed by atoms with Gasteiger partial charge in [-0.25, -0.2) is 0 Å². The normalized spacial score (nSPS) is 18.4. The van der Waals surface area contributed by atoms with Gasteiger partial charge in [-0.1, -0.05) is 35.3 Å². The maximum absolute atomic E-state index is 14.4. The summed E-state index contributed by atoms with van der Waals surface area (Å²) in [5, 5.41) is 12.2. The lowest BCUT2D eigenvalue weighted by Gasteiger charge is -2.31. The molecule has 5 rings (SSSR count). The lowest BCUT2D eigenvalue weighted by Crippen LogP contribution is -2.43. The van der Waals surface area contributed by atoms with E-state index < -0.39 is 18.1 Å². The van der Waals surface area contributed by atoms with Gasteiger partial charge in [0.2, 0.25) is 0 Å². The summed E-state index contributed by atoms with van der Waals surface area (Å²) in [5.41, 5.74) is -0.530. The Hall–Kier alpha value is -3.03. The van der Waals surface area contributed by atoms with Crippen LogP contribution in [0, 0.1) is 0 Å². The Kier molecular flexibility index (Phi) is 5.57. The number of nitrogens with zero attached hydrogens (tertiary/aromatic N) is 3. The Balaban J connectivity index is 1.49. The van der Waals surface area contributed by atoms with Gasteiger partial charge < -0.3 is 9.67 Å². The highest BCUT2D eigenvalue weighted by Gasteiger charge is 2.58. The van der Waals surface area contributed by atoms with E-state index in [9.17, 15) is 18.3 Å². The van der Waals surface area contributed by atoms with E-state index in [4.69, 9.17) is 23.2 Å². The molecular formula is C25H18Cl2F3N3O. The second kappa shape index (κ2) is 8.32. The Morgan fingerprint density at radius 3 is 2.47 bits per heavy atom. The Labute approximate surface area is 203 Å². The number of hydrogen-bond donors (Lipinski definition) is 1. The number of rotatable bonds is 4. The molecule has 0 saturated heterocycles. The van der Waals surface area contributed by atoms with Crippen molar-refractivity contribution in [3.63, 3.8) is 0 Å². The maximum Gasteiger partial charge on any atom is 0.400 e. The summed E-state index contributed by atoms with van der Waals surface area (Å²) in [6.07, 6.45) is -1.46. The van der Waals surface area contributed by atoms with Gasteiger partial charge in [-0.15, -0.1) is 0 Å². The maximum atomic E-state index is 14.4. The lowest BCUT2D eigenvalue weighted by atomic mass is 9.76. The third-order valence-electron chi connectivity index (χ3n) is 6.22. The van der Waals surface area contributed by atoms with Gasteiger partial charge >= 0.3 is 6.18 Å². The highest BCUT2D eigenvalue weighted by Crippen LogP contribution is 2.49. The highest BCUT2D eigenvalue weighted by molar-refractivity contribution is 6.34. The van der Waals surface area contributed by atoms with Crippen molar-refractivity contribution in [2.75, 3.05) is 6.54 Å². The number of aromatic hydroxyl groups is 1. The van der Waals surface area contributed by atoms with Gasteiger partial charge in [0.1, 0.15) is 5.41 Å². The van der Waals surface area contributed by atoms with Crippen molar-refractivity contribution in [2.24, 2.45) is 4.99 Å². The van der Waals surface area contributed by atoms with E-state index in [0.717, 1.165) is 5.69 Å². The molecule has 174 valence electrons. The van der Waals surface area contributed by atoms with Crippen LogP contribution in [0.1, 0.15) is 23.2 Å². The molecule has 2 aromatic carbocycles. The molecule has 1 N–H and O–H groups in total. The van der Waals surface area contributed by atoms with E-state index in [1.807, 2.05) is 18.2 Å². The first-order valence-corrected chi connectivity index (χ1v) is 11.2. The smallest absolute Gasteiger partial charge is 0.400 e. The first-order chi connectivity index (χ1) is 16.2. The fourth-order valence-electron chi connectivity index (χ4n) is 4.42. The minimum Gasteiger partial charge on any atom is -0.494 e. The molecule has 1 aliphatic rings. The van der Waals surface area contributed by atoms with Crippen molar-refractivity contribution in [1.82, 2.24) is 9.55 Å². The predicted molar refractivity (Wildman–Crippen MR) is 127 cm³/mol. The van der Waals surface area contributed by atoms with Gasteiger partial charge in [-0.2, -0.15) is 13.2 Å². The molecule has 4 nitrogen and oxygen atoms in total. The Morgan fingerprint density at radius 2 is 1.79 bits per heavy atom. The van der Waals surface area contributed by atoms with E-state index in [-0.39, 0.29) is 27.9 Å². The molecule has 9 heteroatoms. The van der Waals surface area contributed by atoms with Crippen LogP contribution in [0.25, 0.3) is 10.8 Å². The zero-order valence-electron chi connectivity index (χ0n) is 17.7. The minimum atomic E-state index is -4.55. The average molecular weight is 504 g/mol. The van der Waals surface area contributed by atoms with Crippen molar-refractivity contribution >= 4 is 39.7 Å². The first-order valence-electron chi connectivity index (χ1n) is 10.4. The van der Waals surface area contributed by atoms with Crippen LogP contribution in [0.5, 0.6) is 5.88 Å². The molecule has 4 aromatic rings. The van der Waals surface area contributed by atoms with Crippen LogP contribution in [0.2, 0.25) is 10.0 Å². The summed E-state index contributed by atoms with van der Waals surface area (Å²) < 4.78 is 44.8. The molecule has 0 radical (unpaired) electrons. The molecule has 0 amide bonds. The average Bonchev–Trinajstić information content (AvgIpc) is 3.37. The summed E-state index contributed by atoms with van der Waals surface area (Å²) in [7, 11) is 0. The fraction of sp³-hybridized carbons (Fsp3) is 0.200. The second-order valence-electron chi connectivity index (χ2n) is 8.38. The van der Waals surface area contributed by atoms with Gasteiger partial charge in [0, 0.05) is 45.3 Å². The summed E-state index contributed by atoms with van der Waals surface area (Å²) in [6, 6.07) is 14.7. The van der Waals surface area contributed by atoms with Gasteiger partial charge in [-0.05, 0) is 53.6 Å². The third-order valence-corrected chi connectivity index (χ3v) is 6.65. The van der Waals surface area contributed by atoms with Crippen molar-refractivity contribution in [1.29, 1.82) is 0 Å². The SMILES string of the molecule is Oc1c2ccc(C3=NCC(c4cc(Cl)cc(Cl)c4)(C(F)(F)F)C3)cc2cn1Cc1ccccn1. The van der Waals surface area contributed by atoms with Gasteiger partial charge in [0.15, 0.2) is 5.88 Å². The van der Waals surface area contributed by atoms with E-state index in [0.29, 0.717) is 28.6 Å². The van der Waals surface area contributed by atoms with E-state index >= 15 is 0 Å². The quantitative estimate of drug-likeness (QED) is 0.333. The molecule has 1 aliphatic heterocycles. The van der Waals surface area contributed by atoms with Crippen LogP contribution in [0.4, 0.5) is 13.2 Å². The van der Waals surface area contributed by atoms with Crippen LogP contribution >= 0.6 is 23.2 Å². The van der Waals surface area contributed by atoms with Crippen molar-refractivity contribution in [2.45, 2.75) is 24.6 Å². The Morgan fingerprint density at radius 1 is 1.03 bits per heavy atom. The second-order valence-corrected chi connectivity index (χ2v) is 9.25. The van der Waals surface area contributed by atoms with E-state index in [2.05, 4.69) is 9.98 Å². The number of hydrogen-bond acceptors (Lipinski definition) is 3. The third kappa shape index (κ3) is 3.93. The predicted octanol–water partition coefficient (Wildman–Crippen LogP) is 6.79. The Bertz CT molecular complexity index is 1400. The first kappa shape index (κ1) is 22.7. The molecule has 1 atom stereocenters. The summed E-state index contributed by atoms with van der Waals surface area (Å²) in [4.78, 5) is 8.57. The number of aromatic nitrogens is 2. The van der Waals surface area contributed by atoms with E-state index in [1.165, 1.54) is 18.2 Å². The topological polar surface area (TPSA) is 50.4 Å². The van der Waals surface area contributed by atoms with Crippen LogP contribution < -0.4 is 0 Å². The molecule has 2 aromatic heterocycles. The van der Waals surface area contributed by atoms with E-state index in [1.54, 1.807) is 35.2 Å². The summed E-state index contributed by atoms with van der Waals surface area (Å²) in [6.45, 7) is -0.0865. The molecule has 34 heavy (non-hydrogen) atoms. The lowest BCUT2D eigenvalue weighted by molar-refractivity contribution is -0.183. The number of pyridine rings is 1. The molecule has 3 heterocycles. The number of aliphatic imine (C=N–C) groups is 1. The monoisotopic (exact) mass is 503 g/mol. The van der Waals surface area contributed by atoms with Crippen LogP contribution in [-0.2, 0) is 12.0 Å². The number of benzene rings is 2. The zero-order chi connectivity index (χ0) is 24.1. The number of fused-ring (bicyclic) bond motifs is 1.